The zero-order valence-corrected chi connectivity index (χ0v) is 16.0. The predicted molar refractivity (Wildman–Crippen MR) is 105 cm³/mol. The number of carbonyl (C=O) groups excluding carboxylic acids is 2. The second kappa shape index (κ2) is 10.2. The molecule has 0 fully saturated rings. The Morgan fingerprint density at radius 3 is 2.15 bits per heavy atom. The summed E-state index contributed by atoms with van der Waals surface area (Å²) in [5.74, 6) is 0.0918. The minimum absolute atomic E-state index is 0.103. The Kier molecular flexibility index (Phi) is 7.67. The molecule has 2 rings (SSSR count). The molecule has 0 bridgehead atoms. The molecule has 2 N–H and O–H groups in total. The predicted octanol–water partition coefficient (Wildman–Crippen LogP) is 3.52. The van der Waals surface area contributed by atoms with E-state index in [9.17, 15) is 9.59 Å². The number of ether oxygens (including phenoxy) is 2. The van der Waals surface area contributed by atoms with E-state index in [4.69, 9.17) is 9.47 Å². The molecule has 0 radical (unpaired) electrons. The highest BCUT2D eigenvalue weighted by atomic mass is 16.5. The lowest BCUT2D eigenvalue weighted by molar-refractivity contribution is -0.136. The van der Waals surface area contributed by atoms with Gasteiger partial charge in [-0.05, 0) is 62.2 Å². The van der Waals surface area contributed by atoms with Crippen LogP contribution in [0.25, 0.3) is 0 Å². The molecule has 144 valence electrons. The van der Waals surface area contributed by atoms with Gasteiger partial charge in [0.05, 0.1) is 12.7 Å². The average molecular weight is 370 g/mol. The van der Waals surface area contributed by atoms with E-state index in [1.807, 2.05) is 45.0 Å². The van der Waals surface area contributed by atoms with E-state index in [-0.39, 0.29) is 12.6 Å². The van der Waals surface area contributed by atoms with Crippen molar-refractivity contribution in [3.05, 3.63) is 54.1 Å². The van der Waals surface area contributed by atoms with Crippen LogP contribution in [0.2, 0.25) is 0 Å². The van der Waals surface area contributed by atoms with Gasteiger partial charge in [-0.25, -0.2) is 0 Å². The van der Waals surface area contributed by atoms with E-state index in [0.29, 0.717) is 12.3 Å². The lowest BCUT2D eigenvalue weighted by Gasteiger charge is -2.11. The Balaban J connectivity index is 1.80. The number of hydrogen-bond acceptors (Lipinski definition) is 4. The normalized spacial score (nSPS) is 10.4. The van der Waals surface area contributed by atoms with Crippen LogP contribution in [0.15, 0.2) is 48.5 Å². The van der Waals surface area contributed by atoms with E-state index in [2.05, 4.69) is 10.6 Å². The molecule has 0 heterocycles. The van der Waals surface area contributed by atoms with Gasteiger partial charge in [-0.2, -0.15) is 0 Å². The molecule has 0 unspecified atom stereocenters. The highest BCUT2D eigenvalue weighted by Gasteiger charge is 2.13. The minimum atomic E-state index is -0.711. The summed E-state index contributed by atoms with van der Waals surface area (Å²) >= 11 is 0. The maximum absolute atomic E-state index is 12.0. The van der Waals surface area contributed by atoms with Gasteiger partial charge >= 0.3 is 11.8 Å². The van der Waals surface area contributed by atoms with Gasteiger partial charge in [0.2, 0.25) is 0 Å². The first kappa shape index (κ1) is 20.3. The van der Waals surface area contributed by atoms with Crippen molar-refractivity contribution in [2.75, 3.05) is 11.9 Å². The molecule has 2 amide bonds. The van der Waals surface area contributed by atoms with Crippen LogP contribution >= 0.6 is 0 Å². The first-order chi connectivity index (χ1) is 13.0. The number of rotatable bonds is 8. The van der Waals surface area contributed by atoms with Crippen molar-refractivity contribution in [2.45, 2.75) is 39.8 Å². The molecule has 0 atom stereocenters. The fourth-order valence-corrected chi connectivity index (χ4v) is 2.26. The van der Waals surface area contributed by atoms with Crippen molar-refractivity contribution in [1.82, 2.24) is 5.32 Å². The van der Waals surface area contributed by atoms with E-state index in [0.717, 1.165) is 23.5 Å². The number of carbonyl (C=O) groups is 2. The molecule has 0 saturated carbocycles. The van der Waals surface area contributed by atoms with Crippen molar-refractivity contribution in [1.29, 1.82) is 0 Å². The van der Waals surface area contributed by atoms with Gasteiger partial charge in [0.1, 0.15) is 11.5 Å². The van der Waals surface area contributed by atoms with Crippen LogP contribution in [0.5, 0.6) is 11.5 Å². The Hall–Kier alpha value is -3.02. The summed E-state index contributed by atoms with van der Waals surface area (Å²) in [6, 6.07) is 14.3. The highest BCUT2D eigenvalue weighted by molar-refractivity contribution is 6.39. The third-order valence-electron chi connectivity index (χ3n) is 3.54. The second-order valence-electron chi connectivity index (χ2n) is 6.32. The van der Waals surface area contributed by atoms with Gasteiger partial charge in [-0.15, -0.1) is 0 Å². The van der Waals surface area contributed by atoms with Crippen molar-refractivity contribution >= 4 is 17.5 Å². The molecule has 2 aromatic rings. The van der Waals surface area contributed by atoms with Crippen LogP contribution in [0.3, 0.4) is 0 Å². The van der Waals surface area contributed by atoms with Crippen LogP contribution in [-0.2, 0) is 16.1 Å². The zero-order chi connectivity index (χ0) is 19.6. The van der Waals surface area contributed by atoms with Crippen LogP contribution < -0.4 is 20.1 Å². The molecular weight excluding hydrogens is 344 g/mol. The maximum atomic E-state index is 12.0. The van der Waals surface area contributed by atoms with Gasteiger partial charge < -0.3 is 20.1 Å². The molecule has 0 aliphatic carbocycles. The molecule has 0 aliphatic rings. The standard InChI is InChI=1S/C21H26N2O4/c1-4-13-26-18-11-7-17(8-12-18)23-21(25)20(24)22-14-16-5-9-19(10-6-16)27-15(2)3/h5-12,15H,4,13-14H2,1-3H3,(H,22,24)(H,23,25). The topological polar surface area (TPSA) is 76.7 Å². The number of amides is 2. The van der Waals surface area contributed by atoms with Crippen LogP contribution in [0.1, 0.15) is 32.8 Å². The summed E-state index contributed by atoms with van der Waals surface area (Å²) in [5.41, 5.74) is 1.42. The lowest BCUT2D eigenvalue weighted by Crippen LogP contribution is -2.34. The largest absolute Gasteiger partial charge is 0.494 e. The SMILES string of the molecule is CCCOc1ccc(NC(=O)C(=O)NCc2ccc(OC(C)C)cc2)cc1. The van der Waals surface area contributed by atoms with E-state index < -0.39 is 11.8 Å². The van der Waals surface area contributed by atoms with Crippen molar-refractivity contribution in [2.24, 2.45) is 0 Å². The van der Waals surface area contributed by atoms with Crippen LogP contribution in [0, 0.1) is 0 Å². The third-order valence-corrected chi connectivity index (χ3v) is 3.54. The third kappa shape index (κ3) is 7.01. The summed E-state index contributed by atoms with van der Waals surface area (Å²) < 4.78 is 11.0. The molecule has 6 nitrogen and oxygen atoms in total. The number of hydrogen-bond donors (Lipinski definition) is 2. The quantitative estimate of drug-likeness (QED) is 0.697. The van der Waals surface area contributed by atoms with Crippen molar-refractivity contribution < 1.29 is 19.1 Å². The molecule has 27 heavy (non-hydrogen) atoms. The summed E-state index contributed by atoms with van der Waals surface area (Å²) in [6.07, 6.45) is 1.03. The van der Waals surface area contributed by atoms with Gasteiger partial charge in [-0.3, -0.25) is 9.59 Å². The Labute approximate surface area is 159 Å². The van der Waals surface area contributed by atoms with Crippen molar-refractivity contribution in [3.63, 3.8) is 0 Å². The Bertz CT molecular complexity index is 740. The van der Waals surface area contributed by atoms with Gasteiger partial charge in [0.25, 0.3) is 0 Å². The smallest absolute Gasteiger partial charge is 0.313 e. The van der Waals surface area contributed by atoms with E-state index >= 15 is 0 Å². The van der Waals surface area contributed by atoms with Gasteiger partial charge in [0, 0.05) is 12.2 Å². The summed E-state index contributed by atoms with van der Waals surface area (Å²) in [6.45, 7) is 6.84. The average Bonchev–Trinajstić information content (AvgIpc) is 2.66. The molecule has 0 saturated heterocycles. The van der Waals surface area contributed by atoms with Crippen molar-refractivity contribution in [3.8, 4) is 11.5 Å². The first-order valence-electron chi connectivity index (χ1n) is 9.05. The van der Waals surface area contributed by atoms with Crippen LogP contribution in [-0.4, -0.2) is 24.5 Å². The summed E-state index contributed by atoms with van der Waals surface area (Å²) in [5, 5.41) is 5.17. The first-order valence-corrected chi connectivity index (χ1v) is 9.05. The zero-order valence-electron chi connectivity index (χ0n) is 16.0. The van der Waals surface area contributed by atoms with Gasteiger partial charge in [-0.1, -0.05) is 19.1 Å². The number of benzene rings is 2. The summed E-state index contributed by atoms with van der Waals surface area (Å²) in [4.78, 5) is 24.0. The highest BCUT2D eigenvalue weighted by Crippen LogP contribution is 2.16. The van der Waals surface area contributed by atoms with E-state index in [1.165, 1.54) is 0 Å². The molecule has 0 aromatic heterocycles. The molecule has 0 spiro atoms. The maximum Gasteiger partial charge on any atom is 0.313 e. The minimum Gasteiger partial charge on any atom is -0.494 e. The molecule has 2 aromatic carbocycles. The lowest BCUT2D eigenvalue weighted by atomic mass is 10.2. The fourth-order valence-electron chi connectivity index (χ4n) is 2.26. The fraction of sp³-hybridized carbons (Fsp3) is 0.333. The summed E-state index contributed by atoms with van der Waals surface area (Å²) in [7, 11) is 0. The van der Waals surface area contributed by atoms with Gasteiger partial charge in [0.15, 0.2) is 0 Å². The molecule has 6 heteroatoms. The Morgan fingerprint density at radius 1 is 0.926 bits per heavy atom. The van der Waals surface area contributed by atoms with Crippen LogP contribution in [0.4, 0.5) is 5.69 Å². The second-order valence-corrected chi connectivity index (χ2v) is 6.32. The molecule has 0 aliphatic heterocycles. The monoisotopic (exact) mass is 370 g/mol. The molecular formula is C21H26N2O4. The van der Waals surface area contributed by atoms with E-state index in [1.54, 1.807) is 24.3 Å². The number of anilines is 1. The number of nitrogens with one attached hydrogen (secondary N) is 2. The Morgan fingerprint density at radius 2 is 1.56 bits per heavy atom.